The largest absolute Gasteiger partial charge is 0.440 e. The Bertz CT molecular complexity index is 801. The highest BCUT2D eigenvalue weighted by Crippen LogP contribution is 2.23. The Morgan fingerprint density at radius 3 is 2.85 bits per heavy atom. The van der Waals surface area contributed by atoms with Crippen molar-refractivity contribution in [3.63, 3.8) is 0 Å². The number of rotatable bonds is 3. The molecule has 0 aliphatic carbocycles. The summed E-state index contributed by atoms with van der Waals surface area (Å²) in [6, 6.07) is 12.3. The van der Waals surface area contributed by atoms with Gasteiger partial charge in [-0.1, -0.05) is 23.7 Å². The monoisotopic (exact) mass is 306 g/mol. The summed E-state index contributed by atoms with van der Waals surface area (Å²) in [6.07, 6.45) is 0. The minimum absolute atomic E-state index is 0.179. The Labute approximate surface area is 123 Å². The highest BCUT2D eigenvalue weighted by Gasteiger charge is 2.13. The van der Waals surface area contributed by atoms with Gasteiger partial charge in [0.05, 0.1) is 20.7 Å². The first-order valence-corrected chi connectivity index (χ1v) is 7.61. The highest BCUT2D eigenvalue weighted by atomic mass is 35.5. The van der Waals surface area contributed by atoms with Gasteiger partial charge in [0.15, 0.2) is 5.58 Å². The fraction of sp³-hybridized carbons (Fsp3) is 0.0714. The van der Waals surface area contributed by atoms with Crippen LogP contribution in [0.5, 0.6) is 0 Å². The van der Waals surface area contributed by atoms with Crippen molar-refractivity contribution in [1.29, 1.82) is 0 Å². The molecule has 0 fully saturated rings. The Morgan fingerprint density at radius 1 is 1.25 bits per heavy atom. The van der Waals surface area contributed by atoms with Gasteiger partial charge in [-0.25, -0.2) is 4.98 Å². The third-order valence-electron chi connectivity index (χ3n) is 2.79. The average molecular weight is 307 g/mol. The minimum atomic E-state index is -1.30. The van der Waals surface area contributed by atoms with E-state index in [-0.39, 0.29) is 5.75 Å². The number of nitrogens with zero attached hydrogens (tertiary/aromatic N) is 1. The normalized spacial score (nSPS) is 12.7. The maximum absolute atomic E-state index is 12.3. The molecule has 1 aromatic heterocycles. The van der Waals surface area contributed by atoms with E-state index in [0.29, 0.717) is 32.6 Å². The van der Waals surface area contributed by atoms with Gasteiger partial charge in [-0.15, -0.1) is 0 Å². The van der Waals surface area contributed by atoms with Gasteiger partial charge in [-0.05, 0) is 30.3 Å². The molecule has 4 nitrogen and oxygen atoms in total. The van der Waals surface area contributed by atoms with Crippen molar-refractivity contribution in [2.45, 2.75) is 10.6 Å². The van der Waals surface area contributed by atoms with Crippen LogP contribution in [0, 0.1) is 0 Å². The molecule has 0 spiro atoms. The number of halogens is 1. The van der Waals surface area contributed by atoms with E-state index in [1.54, 1.807) is 42.5 Å². The number of anilines is 1. The highest BCUT2D eigenvalue weighted by molar-refractivity contribution is 7.84. The van der Waals surface area contributed by atoms with Gasteiger partial charge in [0.1, 0.15) is 11.3 Å². The van der Waals surface area contributed by atoms with Crippen molar-refractivity contribution in [1.82, 2.24) is 4.98 Å². The van der Waals surface area contributed by atoms with E-state index in [4.69, 9.17) is 21.8 Å². The van der Waals surface area contributed by atoms with Crippen molar-refractivity contribution in [2.24, 2.45) is 0 Å². The minimum Gasteiger partial charge on any atom is -0.440 e. The maximum atomic E-state index is 12.3. The van der Waals surface area contributed by atoms with Crippen LogP contribution in [-0.4, -0.2) is 9.19 Å². The molecule has 3 rings (SSSR count). The quantitative estimate of drug-likeness (QED) is 0.753. The molecule has 0 aliphatic heterocycles. The van der Waals surface area contributed by atoms with Gasteiger partial charge in [0, 0.05) is 5.69 Å². The topological polar surface area (TPSA) is 69.1 Å². The standard InChI is InChI=1S/C14H11ClN2O2S/c15-10-3-1-2-4-13(10)20(18)8-14-17-11-7-9(16)5-6-12(11)19-14/h1-7H,8,16H2. The van der Waals surface area contributed by atoms with Gasteiger partial charge in [-0.3, -0.25) is 4.21 Å². The number of aromatic nitrogens is 1. The van der Waals surface area contributed by atoms with Crippen LogP contribution in [0.15, 0.2) is 51.8 Å². The molecule has 0 radical (unpaired) electrons. The summed E-state index contributed by atoms with van der Waals surface area (Å²) in [7, 11) is -1.30. The maximum Gasteiger partial charge on any atom is 0.208 e. The van der Waals surface area contributed by atoms with Crippen molar-refractivity contribution in [3.8, 4) is 0 Å². The molecule has 6 heteroatoms. The predicted molar refractivity (Wildman–Crippen MR) is 80.0 cm³/mol. The van der Waals surface area contributed by atoms with Gasteiger partial charge in [-0.2, -0.15) is 0 Å². The van der Waals surface area contributed by atoms with Gasteiger partial charge in [0.2, 0.25) is 5.89 Å². The first kappa shape index (κ1) is 13.1. The first-order chi connectivity index (χ1) is 9.63. The Hall–Kier alpha value is -1.85. The Kier molecular flexibility index (Phi) is 3.46. The average Bonchev–Trinajstić information content (AvgIpc) is 2.80. The lowest BCUT2D eigenvalue weighted by Gasteiger charge is -2.01. The van der Waals surface area contributed by atoms with Gasteiger partial charge < -0.3 is 10.2 Å². The third-order valence-corrected chi connectivity index (χ3v) is 4.59. The van der Waals surface area contributed by atoms with E-state index in [9.17, 15) is 4.21 Å². The lowest BCUT2D eigenvalue weighted by atomic mass is 10.3. The Morgan fingerprint density at radius 2 is 2.05 bits per heavy atom. The van der Waals surface area contributed by atoms with E-state index in [1.807, 2.05) is 0 Å². The number of oxazole rings is 1. The molecule has 0 saturated heterocycles. The number of hydrogen-bond donors (Lipinski definition) is 1. The van der Waals surface area contributed by atoms with E-state index >= 15 is 0 Å². The molecule has 1 unspecified atom stereocenters. The van der Waals surface area contributed by atoms with Crippen LogP contribution < -0.4 is 5.73 Å². The molecule has 1 atom stereocenters. The lowest BCUT2D eigenvalue weighted by Crippen LogP contribution is -1.97. The number of benzene rings is 2. The predicted octanol–water partition coefficient (Wildman–Crippen LogP) is 3.37. The zero-order valence-electron chi connectivity index (χ0n) is 10.4. The molecule has 0 amide bonds. The molecule has 1 heterocycles. The van der Waals surface area contributed by atoms with E-state index in [2.05, 4.69) is 4.98 Å². The number of nitrogen functional groups attached to an aromatic ring is 1. The molecule has 0 bridgehead atoms. The summed E-state index contributed by atoms with van der Waals surface area (Å²) in [5, 5.41) is 0.478. The fourth-order valence-corrected chi connectivity index (χ4v) is 3.29. The third kappa shape index (κ3) is 2.55. The van der Waals surface area contributed by atoms with Gasteiger partial charge in [0.25, 0.3) is 0 Å². The molecular formula is C14H11ClN2O2S. The molecule has 20 heavy (non-hydrogen) atoms. The SMILES string of the molecule is Nc1ccc2oc(CS(=O)c3ccccc3Cl)nc2c1. The van der Waals surface area contributed by atoms with Crippen LogP contribution in [0.25, 0.3) is 11.1 Å². The molecule has 3 aromatic rings. The molecule has 102 valence electrons. The van der Waals surface area contributed by atoms with Crippen LogP contribution >= 0.6 is 11.6 Å². The van der Waals surface area contributed by atoms with Crippen molar-refractivity contribution in [3.05, 3.63) is 53.4 Å². The Balaban J connectivity index is 1.89. The lowest BCUT2D eigenvalue weighted by molar-refractivity contribution is 0.552. The number of nitrogens with two attached hydrogens (primary N) is 1. The molecule has 0 saturated carbocycles. The molecule has 0 aliphatic rings. The second kappa shape index (κ2) is 5.26. The second-order valence-electron chi connectivity index (χ2n) is 4.26. The van der Waals surface area contributed by atoms with Gasteiger partial charge >= 0.3 is 0 Å². The summed E-state index contributed by atoms with van der Waals surface area (Å²) in [4.78, 5) is 4.87. The van der Waals surface area contributed by atoms with Crippen LogP contribution in [0.4, 0.5) is 5.69 Å². The molecular weight excluding hydrogens is 296 g/mol. The summed E-state index contributed by atoms with van der Waals surface area (Å²) >= 11 is 6.02. The summed E-state index contributed by atoms with van der Waals surface area (Å²) in [6.45, 7) is 0. The zero-order valence-corrected chi connectivity index (χ0v) is 11.9. The van der Waals surface area contributed by atoms with Crippen LogP contribution in [0.3, 0.4) is 0 Å². The number of hydrogen-bond acceptors (Lipinski definition) is 4. The molecule has 2 aromatic carbocycles. The van der Waals surface area contributed by atoms with E-state index < -0.39 is 10.8 Å². The zero-order chi connectivity index (χ0) is 14.1. The van der Waals surface area contributed by atoms with Crippen molar-refractivity contribution in [2.75, 3.05) is 5.73 Å². The van der Waals surface area contributed by atoms with Crippen molar-refractivity contribution >= 4 is 39.2 Å². The summed E-state index contributed by atoms with van der Waals surface area (Å²) < 4.78 is 17.8. The first-order valence-electron chi connectivity index (χ1n) is 5.91. The van der Waals surface area contributed by atoms with Crippen LogP contribution in [0.1, 0.15) is 5.89 Å². The smallest absolute Gasteiger partial charge is 0.208 e. The van der Waals surface area contributed by atoms with Crippen LogP contribution in [0.2, 0.25) is 5.02 Å². The number of fused-ring (bicyclic) bond motifs is 1. The van der Waals surface area contributed by atoms with E-state index in [0.717, 1.165) is 0 Å². The summed E-state index contributed by atoms with van der Waals surface area (Å²) in [5.41, 5.74) is 7.59. The van der Waals surface area contributed by atoms with Crippen LogP contribution in [-0.2, 0) is 16.6 Å². The van der Waals surface area contributed by atoms with E-state index in [1.165, 1.54) is 0 Å². The molecule has 2 N–H and O–H groups in total. The fourth-order valence-electron chi connectivity index (χ4n) is 1.87. The second-order valence-corrected chi connectivity index (χ2v) is 6.08. The summed E-state index contributed by atoms with van der Waals surface area (Å²) in [5.74, 6) is 0.585. The van der Waals surface area contributed by atoms with Crippen molar-refractivity contribution < 1.29 is 8.63 Å².